The minimum Gasteiger partial charge on any atom is -0.496 e. The molecule has 30 heavy (non-hydrogen) atoms. The van der Waals surface area contributed by atoms with Gasteiger partial charge in [-0.2, -0.15) is 0 Å². The van der Waals surface area contributed by atoms with Crippen LogP contribution < -0.4 is 10.1 Å². The Morgan fingerprint density at radius 1 is 1.07 bits per heavy atom. The lowest BCUT2D eigenvalue weighted by Crippen LogP contribution is -2.16. The minimum atomic E-state index is -0.324. The quantitative estimate of drug-likeness (QED) is 0.453. The fraction of sp³-hybridized carbons (Fsp3) is 0.174. The fourth-order valence-corrected chi connectivity index (χ4v) is 3.40. The van der Waals surface area contributed by atoms with E-state index in [-0.39, 0.29) is 5.91 Å². The van der Waals surface area contributed by atoms with Gasteiger partial charge in [0.1, 0.15) is 11.6 Å². The Bertz CT molecular complexity index is 1070. The van der Waals surface area contributed by atoms with E-state index < -0.39 is 0 Å². The lowest BCUT2D eigenvalue weighted by atomic mass is 9.97. The van der Waals surface area contributed by atoms with Crippen molar-refractivity contribution in [2.24, 2.45) is 0 Å². The largest absolute Gasteiger partial charge is 0.496 e. The number of carbonyl (C=O) groups is 1. The zero-order valence-electron chi connectivity index (χ0n) is 16.6. The predicted molar refractivity (Wildman–Crippen MR) is 122 cm³/mol. The molecule has 0 fully saturated rings. The Kier molecular flexibility index (Phi) is 7.08. The first kappa shape index (κ1) is 21.8. The highest BCUT2D eigenvalue weighted by Crippen LogP contribution is 2.29. The van der Waals surface area contributed by atoms with Crippen LogP contribution in [0.15, 0.2) is 54.7 Å². The number of ether oxygens (including phenoxy) is 1. The summed E-state index contributed by atoms with van der Waals surface area (Å²) in [6.07, 6.45) is 2.76. The van der Waals surface area contributed by atoms with Crippen LogP contribution in [0.3, 0.4) is 0 Å². The summed E-state index contributed by atoms with van der Waals surface area (Å²) in [5, 5.41) is 11.4. The average Bonchev–Trinajstić information content (AvgIpc) is 2.74. The third kappa shape index (κ3) is 5.38. The number of hydrogen-bond acceptors (Lipinski definition) is 4. The predicted octanol–water partition coefficient (Wildman–Crippen LogP) is 5.82. The number of methoxy groups -OCH3 is 1. The van der Waals surface area contributed by atoms with Crippen molar-refractivity contribution in [1.29, 1.82) is 5.41 Å². The molecule has 1 heterocycles. The van der Waals surface area contributed by atoms with Gasteiger partial charge in [-0.25, -0.2) is 4.98 Å². The summed E-state index contributed by atoms with van der Waals surface area (Å²) in [4.78, 5) is 17.1. The first-order chi connectivity index (χ1) is 14.4. The van der Waals surface area contributed by atoms with Gasteiger partial charge in [-0.15, -0.1) is 0 Å². The molecule has 0 saturated heterocycles. The molecule has 1 aromatic heterocycles. The second kappa shape index (κ2) is 9.74. The minimum absolute atomic E-state index is 0.324. The number of carbonyl (C=O) groups excluding carboxylic acids is 1. The molecule has 7 heteroatoms. The lowest BCUT2D eigenvalue weighted by Gasteiger charge is -2.15. The summed E-state index contributed by atoms with van der Waals surface area (Å²) in [7, 11) is 1.55. The maximum atomic E-state index is 12.9. The van der Waals surface area contributed by atoms with Gasteiger partial charge < -0.3 is 15.5 Å². The zero-order chi connectivity index (χ0) is 21.7. The molecule has 0 spiro atoms. The molecule has 2 N–H and O–H groups in total. The number of amides is 1. The molecule has 0 unspecified atom stereocenters. The number of aromatic nitrogens is 1. The molecule has 3 aromatic rings. The van der Waals surface area contributed by atoms with Crippen molar-refractivity contribution in [3.63, 3.8) is 0 Å². The molecule has 0 bridgehead atoms. The monoisotopic (exact) mass is 441 g/mol. The van der Waals surface area contributed by atoms with Crippen molar-refractivity contribution in [2.75, 3.05) is 12.4 Å². The number of halogens is 2. The van der Waals surface area contributed by atoms with Crippen LogP contribution in [-0.2, 0) is 12.8 Å². The number of nitrogens with zero attached hydrogens (tertiary/aromatic N) is 1. The van der Waals surface area contributed by atoms with Gasteiger partial charge >= 0.3 is 0 Å². The van der Waals surface area contributed by atoms with Gasteiger partial charge in [-0.3, -0.25) is 4.79 Å². The number of pyridine rings is 1. The first-order valence-corrected chi connectivity index (χ1v) is 10.1. The summed E-state index contributed by atoms with van der Waals surface area (Å²) in [5.41, 5.74) is 3.71. The molecule has 0 aliphatic carbocycles. The molecular formula is C23H21Cl2N3O2. The van der Waals surface area contributed by atoms with E-state index in [9.17, 15) is 4.79 Å². The van der Waals surface area contributed by atoms with Gasteiger partial charge in [0, 0.05) is 28.1 Å². The Morgan fingerprint density at radius 2 is 1.80 bits per heavy atom. The second-order valence-electron chi connectivity index (χ2n) is 6.77. The molecule has 0 aliphatic heterocycles. The third-order valence-electron chi connectivity index (χ3n) is 4.66. The van der Waals surface area contributed by atoms with E-state index in [4.69, 9.17) is 33.3 Å². The molecule has 0 aliphatic rings. The van der Waals surface area contributed by atoms with Crippen molar-refractivity contribution in [1.82, 2.24) is 4.98 Å². The van der Waals surface area contributed by atoms with Gasteiger partial charge in [-0.05, 0) is 55.2 Å². The normalized spacial score (nSPS) is 10.5. The summed E-state index contributed by atoms with van der Waals surface area (Å²) in [5.74, 6) is 0.631. The van der Waals surface area contributed by atoms with E-state index in [1.807, 2.05) is 24.3 Å². The second-order valence-corrected chi connectivity index (χ2v) is 7.64. The molecule has 0 saturated carbocycles. The van der Waals surface area contributed by atoms with E-state index in [1.54, 1.807) is 38.3 Å². The van der Waals surface area contributed by atoms with E-state index in [0.717, 1.165) is 16.7 Å². The number of anilines is 1. The standard InChI is InChI=1S/C23H21Cl2N3O2/c1-14(26)16-6-3-15(4-7-16)5-9-19-20(11-18(25)12-21(19)30-2)23(29)28-22-10-8-17(24)13-27-22/h3-4,6-8,10-13,26H,5,9H2,1-2H3,(H,27,28,29). The molecule has 5 nitrogen and oxygen atoms in total. The molecule has 0 atom stereocenters. The van der Waals surface area contributed by atoms with E-state index in [0.29, 0.717) is 45.7 Å². The van der Waals surface area contributed by atoms with Gasteiger partial charge in [-0.1, -0.05) is 47.5 Å². The number of benzene rings is 2. The first-order valence-electron chi connectivity index (χ1n) is 9.31. The Labute approximate surface area is 185 Å². The van der Waals surface area contributed by atoms with E-state index in [1.165, 1.54) is 6.20 Å². The lowest BCUT2D eigenvalue weighted by molar-refractivity contribution is 0.102. The summed E-state index contributed by atoms with van der Waals surface area (Å²) in [6, 6.07) is 14.5. The summed E-state index contributed by atoms with van der Waals surface area (Å²) < 4.78 is 5.50. The van der Waals surface area contributed by atoms with Crippen molar-refractivity contribution >= 4 is 40.6 Å². The van der Waals surface area contributed by atoms with Gasteiger partial charge in [0.05, 0.1) is 12.1 Å². The molecular weight excluding hydrogens is 421 g/mol. The van der Waals surface area contributed by atoms with Crippen LogP contribution in [0.1, 0.15) is 34.0 Å². The van der Waals surface area contributed by atoms with Crippen LogP contribution >= 0.6 is 23.2 Å². The van der Waals surface area contributed by atoms with Crippen LogP contribution in [0.25, 0.3) is 0 Å². The Balaban J connectivity index is 1.85. The number of nitrogens with one attached hydrogen (secondary N) is 2. The highest BCUT2D eigenvalue weighted by atomic mass is 35.5. The topological polar surface area (TPSA) is 75.1 Å². The smallest absolute Gasteiger partial charge is 0.257 e. The molecule has 2 aromatic carbocycles. The van der Waals surface area contributed by atoms with Crippen LogP contribution in [-0.4, -0.2) is 23.7 Å². The number of hydrogen-bond donors (Lipinski definition) is 2. The average molecular weight is 442 g/mol. The number of aryl methyl sites for hydroxylation is 1. The fourth-order valence-electron chi connectivity index (χ4n) is 3.08. The molecule has 3 rings (SSSR count). The highest BCUT2D eigenvalue weighted by molar-refractivity contribution is 6.31. The highest BCUT2D eigenvalue weighted by Gasteiger charge is 2.18. The van der Waals surface area contributed by atoms with Crippen LogP contribution in [0.4, 0.5) is 5.82 Å². The summed E-state index contributed by atoms with van der Waals surface area (Å²) in [6.45, 7) is 1.76. The van der Waals surface area contributed by atoms with Crippen LogP contribution in [0.2, 0.25) is 10.0 Å². The SMILES string of the molecule is COc1cc(Cl)cc(C(=O)Nc2ccc(Cl)cn2)c1CCc1ccc(C(C)=N)cc1. The van der Waals surface area contributed by atoms with Crippen molar-refractivity contribution in [2.45, 2.75) is 19.8 Å². The maximum absolute atomic E-state index is 12.9. The number of rotatable bonds is 7. The van der Waals surface area contributed by atoms with E-state index >= 15 is 0 Å². The molecule has 0 radical (unpaired) electrons. The zero-order valence-corrected chi connectivity index (χ0v) is 18.1. The molecule has 1 amide bonds. The Hall–Kier alpha value is -2.89. The van der Waals surface area contributed by atoms with E-state index in [2.05, 4.69) is 10.3 Å². The van der Waals surface area contributed by atoms with Crippen molar-refractivity contribution < 1.29 is 9.53 Å². The van der Waals surface area contributed by atoms with Crippen molar-refractivity contribution in [3.8, 4) is 5.75 Å². The van der Waals surface area contributed by atoms with Crippen molar-refractivity contribution in [3.05, 3.63) is 87.0 Å². The molecule has 154 valence electrons. The van der Waals surface area contributed by atoms with Crippen LogP contribution in [0.5, 0.6) is 5.75 Å². The summed E-state index contributed by atoms with van der Waals surface area (Å²) >= 11 is 12.1. The maximum Gasteiger partial charge on any atom is 0.257 e. The van der Waals surface area contributed by atoms with Gasteiger partial charge in [0.15, 0.2) is 0 Å². The Morgan fingerprint density at radius 3 is 2.40 bits per heavy atom. The third-order valence-corrected chi connectivity index (χ3v) is 5.10. The van der Waals surface area contributed by atoms with Gasteiger partial charge in [0.25, 0.3) is 5.91 Å². The van der Waals surface area contributed by atoms with Gasteiger partial charge in [0.2, 0.25) is 0 Å². The van der Waals surface area contributed by atoms with Crippen LogP contribution in [0, 0.1) is 5.41 Å².